The number of allylic oxidation sites excluding steroid dienone is 4. The van der Waals surface area contributed by atoms with Crippen molar-refractivity contribution in [3.05, 3.63) is 83.2 Å². The highest BCUT2D eigenvalue weighted by atomic mass is 35.5. The fourth-order valence-corrected chi connectivity index (χ4v) is 4.55. The van der Waals surface area contributed by atoms with Gasteiger partial charge in [0.25, 0.3) is 0 Å². The van der Waals surface area contributed by atoms with Crippen molar-refractivity contribution in [3.8, 4) is 0 Å². The molecule has 38 heavy (non-hydrogen) atoms. The molecule has 0 radical (unpaired) electrons. The third-order valence-corrected chi connectivity index (χ3v) is 7.57. The maximum absolute atomic E-state index is 6.05. The fourth-order valence-electron chi connectivity index (χ4n) is 4.42. The Labute approximate surface area is 242 Å². The minimum Gasteiger partial charge on any atom is -0.389 e. The zero-order valence-corrected chi connectivity index (χ0v) is 26.6. The Hall–Kier alpha value is -1.93. The second kappa shape index (κ2) is 23.0. The molecule has 2 nitrogen and oxygen atoms in total. The predicted molar refractivity (Wildman–Crippen MR) is 174 cm³/mol. The first-order valence-electron chi connectivity index (χ1n) is 15.1. The summed E-state index contributed by atoms with van der Waals surface area (Å²) in [4.78, 5) is 2.59. The van der Waals surface area contributed by atoms with E-state index in [1.807, 2.05) is 12.1 Å². The summed E-state index contributed by atoms with van der Waals surface area (Å²) in [5, 5.41) is 4.32. The van der Waals surface area contributed by atoms with Crippen molar-refractivity contribution in [1.29, 1.82) is 0 Å². The zero-order valence-electron chi connectivity index (χ0n) is 25.8. The standard InChI is InChI=1S/C26H39ClN2.C7H16.C2H4/c1-6-7-17-28-23(5)21(3)15-18-29(26-10-8-9-20(2)22(26)4)19-16-24-11-13-25(27)14-12-24;1-3-5-7-6-4-2;1-2/h10-14,21,28H,5-9,15-19H2,1-4H3;3-7H2,1-2H3;1-2H2. The van der Waals surface area contributed by atoms with Crippen molar-refractivity contribution in [2.75, 3.05) is 19.6 Å². The van der Waals surface area contributed by atoms with Crippen LogP contribution in [0.3, 0.4) is 0 Å². The van der Waals surface area contributed by atoms with Gasteiger partial charge >= 0.3 is 0 Å². The molecule has 0 bridgehead atoms. The van der Waals surface area contributed by atoms with Crippen molar-refractivity contribution < 1.29 is 0 Å². The lowest BCUT2D eigenvalue weighted by Crippen LogP contribution is -2.30. The lowest BCUT2D eigenvalue weighted by molar-refractivity contribution is 0.325. The second-order valence-electron chi connectivity index (χ2n) is 10.5. The van der Waals surface area contributed by atoms with E-state index in [0.29, 0.717) is 5.92 Å². The van der Waals surface area contributed by atoms with Crippen LogP contribution in [0, 0.1) is 5.92 Å². The molecular formula is C35H59ClN2. The summed E-state index contributed by atoms with van der Waals surface area (Å²) in [6, 6.07) is 8.27. The molecule has 1 aliphatic carbocycles. The third-order valence-electron chi connectivity index (χ3n) is 7.32. The smallest absolute Gasteiger partial charge is 0.0406 e. The van der Waals surface area contributed by atoms with Crippen molar-refractivity contribution in [1.82, 2.24) is 10.2 Å². The van der Waals surface area contributed by atoms with Gasteiger partial charge in [-0.2, -0.15) is 0 Å². The largest absolute Gasteiger partial charge is 0.389 e. The van der Waals surface area contributed by atoms with Crippen LogP contribution in [0.4, 0.5) is 0 Å². The minimum atomic E-state index is 0.472. The molecule has 0 fully saturated rings. The fraction of sp³-hybridized carbons (Fsp3) is 0.600. The normalized spacial score (nSPS) is 13.4. The molecule has 0 saturated carbocycles. The van der Waals surface area contributed by atoms with Crippen LogP contribution in [0.15, 0.2) is 72.6 Å². The van der Waals surface area contributed by atoms with Crippen LogP contribution in [-0.2, 0) is 6.42 Å². The van der Waals surface area contributed by atoms with E-state index in [0.717, 1.165) is 43.9 Å². The van der Waals surface area contributed by atoms with Gasteiger partial charge in [-0.1, -0.05) is 108 Å². The zero-order chi connectivity index (χ0) is 28.8. The summed E-state index contributed by atoms with van der Waals surface area (Å²) in [5.41, 5.74) is 6.93. The molecule has 0 aromatic heterocycles. The molecule has 1 aliphatic rings. The highest BCUT2D eigenvalue weighted by Crippen LogP contribution is 2.28. The summed E-state index contributed by atoms with van der Waals surface area (Å²) in [7, 11) is 0. The Bertz CT molecular complexity index is 802. The number of hydrogen-bond acceptors (Lipinski definition) is 2. The second-order valence-corrected chi connectivity index (χ2v) is 10.9. The summed E-state index contributed by atoms with van der Waals surface area (Å²) in [5.74, 6) is 0.472. The SMILES string of the molecule is C=C.C=C(NCCCC)C(C)CCN(CCc1ccc(Cl)cc1)C1=CCCC(C)=C1C.CCCCCCC. The van der Waals surface area contributed by atoms with Crippen LogP contribution in [0.2, 0.25) is 5.02 Å². The molecule has 1 aromatic rings. The first-order valence-corrected chi connectivity index (χ1v) is 15.5. The van der Waals surface area contributed by atoms with Gasteiger partial charge in [-0.15, -0.1) is 13.2 Å². The van der Waals surface area contributed by atoms with Crippen molar-refractivity contribution in [3.63, 3.8) is 0 Å². The van der Waals surface area contributed by atoms with Gasteiger partial charge in [-0.25, -0.2) is 0 Å². The lowest BCUT2D eigenvalue weighted by atomic mass is 9.95. The molecule has 0 heterocycles. The van der Waals surface area contributed by atoms with Gasteiger partial charge in [-0.05, 0) is 75.1 Å². The van der Waals surface area contributed by atoms with Crippen molar-refractivity contribution >= 4 is 11.6 Å². The van der Waals surface area contributed by atoms with Crippen LogP contribution >= 0.6 is 11.6 Å². The number of rotatable bonds is 16. The monoisotopic (exact) mass is 542 g/mol. The van der Waals surface area contributed by atoms with Gasteiger partial charge < -0.3 is 10.2 Å². The van der Waals surface area contributed by atoms with E-state index in [2.05, 4.69) is 89.7 Å². The number of hydrogen-bond donors (Lipinski definition) is 1. The predicted octanol–water partition coefficient (Wildman–Crippen LogP) is 10.9. The molecule has 3 heteroatoms. The molecule has 0 aliphatic heterocycles. The van der Waals surface area contributed by atoms with Crippen molar-refractivity contribution in [2.45, 2.75) is 112 Å². The molecule has 0 spiro atoms. The van der Waals surface area contributed by atoms with E-state index in [4.69, 9.17) is 11.6 Å². The third kappa shape index (κ3) is 15.5. The number of unbranched alkanes of at least 4 members (excludes halogenated alkanes) is 5. The van der Waals surface area contributed by atoms with Gasteiger partial charge in [0.05, 0.1) is 0 Å². The van der Waals surface area contributed by atoms with Crippen LogP contribution in [-0.4, -0.2) is 24.5 Å². The molecule has 1 aromatic carbocycles. The first-order chi connectivity index (χ1) is 18.3. The molecule has 0 amide bonds. The van der Waals surface area contributed by atoms with Gasteiger partial charge in [0.15, 0.2) is 0 Å². The van der Waals surface area contributed by atoms with Gasteiger partial charge in [0.1, 0.15) is 0 Å². The van der Waals surface area contributed by atoms with E-state index < -0.39 is 0 Å². The minimum absolute atomic E-state index is 0.472. The van der Waals surface area contributed by atoms with E-state index >= 15 is 0 Å². The van der Waals surface area contributed by atoms with E-state index in [9.17, 15) is 0 Å². The van der Waals surface area contributed by atoms with Gasteiger partial charge in [0, 0.05) is 36.1 Å². The van der Waals surface area contributed by atoms with Crippen molar-refractivity contribution in [2.24, 2.45) is 5.92 Å². The molecule has 216 valence electrons. The average molecular weight is 543 g/mol. The highest BCUT2D eigenvalue weighted by molar-refractivity contribution is 6.30. The topological polar surface area (TPSA) is 15.3 Å². The number of nitrogens with zero attached hydrogens (tertiary/aromatic N) is 1. The Kier molecular flexibility index (Phi) is 21.8. The number of nitrogens with one attached hydrogen (secondary N) is 1. The number of halogens is 1. The Morgan fingerprint density at radius 3 is 2.13 bits per heavy atom. The molecule has 2 rings (SSSR count). The highest BCUT2D eigenvalue weighted by Gasteiger charge is 2.18. The molecule has 1 atom stereocenters. The quantitative estimate of drug-likeness (QED) is 0.165. The van der Waals surface area contributed by atoms with Crippen LogP contribution in [0.5, 0.6) is 0 Å². The van der Waals surface area contributed by atoms with E-state index in [1.54, 1.807) is 0 Å². The summed E-state index contributed by atoms with van der Waals surface area (Å²) < 4.78 is 0. The Morgan fingerprint density at radius 2 is 1.55 bits per heavy atom. The Morgan fingerprint density at radius 1 is 0.947 bits per heavy atom. The summed E-state index contributed by atoms with van der Waals surface area (Å²) >= 11 is 6.05. The molecular weight excluding hydrogens is 484 g/mol. The van der Waals surface area contributed by atoms with E-state index in [1.165, 1.54) is 79.5 Å². The van der Waals surface area contributed by atoms with E-state index in [-0.39, 0.29) is 0 Å². The first kappa shape index (κ1) is 36.1. The van der Waals surface area contributed by atoms with Gasteiger partial charge in [-0.3, -0.25) is 0 Å². The molecule has 1 unspecified atom stereocenters. The maximum atomic E-state index is 6.05. The number of benzene rings is 1. The van der Waals surface area contributed by atoms with Crippen LogP contribution in [0.1, 0.15) is 111 Å². The van der Waals surface area contributed by atoms with Crippen LogP contribution < -0.4 is 5.32 Å². The van der Waals surface area contributed by atoms with Crippen LogP contribution in [0.25, 0.3) is 0 Å². The van der Waals surface area contributed by atoms with Gasteiger partial charge in [0.2, 0.25) is 0 Å². The molecule has 0 saturated heterocycles. The summed E-state index contributed by atoms with van der Waals surface area (Å²) in [6.45, 7) is 27.0. The lowest BCUT2D eigenvalue weighted by Gasteiger charge is -2.32. The average Bonchev–Trinajstić information content (AvgIpc) is 2.93. The Balaban J connectivity index is 0.00000132. The molecule has 1 N–H and O–H groups in total. The summed E-state index contributed by atoms with van der Waals surface area (Å²) in [6.07, 6.45) is 16.3. The maximum Gasteiger partial charge on any atom is 0.0406 e.